The first kappa shape index (κ1) is 17.7. The number of halogens is 1. The molecule has 24 heavy (non-hydrogen) atoms. The molecular weight excluding hydrogens is 340 g/mol. The maximum Gasteiger partial charge on any atom is 0.355 e. The van der Waals surface area contributed by atoms with Gasteiger partial charge < -0.3 is 18.7 Å². The van der Waals surface area contributed by atoms with Crippen LogP contribution in [0.3, 0.4) is 0 Å². The highest BCUT2D eigenvalue weighted by Crippen LogP contribution is 2.27. The Labute approximate surface area is 141 Å². The molecule has 1 aromatic carbocycles. The van der Waals surface area contributed by atoms with Crippen LogP contribution < -0.4 is 10.4 Å². The fourth-order valence-corrected chi connectivity index (χ4v) is 2.19. The molecule has 1 aromatic heterocycles. The van der Waals surface area contributed by atoms with Crippen LogP contribution in [0.4, 0.5) is 0 Å². The number of esters is 2. The highest BCUT2D eigenvalue weighted by atomic mass is 35.5. The molecule has 0 saturated carbocycles. The molecule has 0 fully saturated rings. The van der Waals surface area contributed by atoms with Gasteiger partial charge in [-0.3, -0.25) is 9.59 Å². The Kier molecular flexibility index (Phi) is 5.70. The van der Waals surface area contributed by atoms with E-state index in [0.29, 0.717) is 11.7 Å². The van der Waals surface area contributed by atoms with E-state index >= 15 is 0 Å². The molecule has 7 nitrogen and oxygen atoms in total. The van der Waals surface area contributed by atoms with Crippen molar-refractivity contribution in [2.24, 2.45) is 0 Å². The van der Waals surface area contributed by atoms with Crippen LogP contribution in [-0.2, 0) is 25.7 Å². The minimum Gasteiger partial charge on any atom is -0.461 e. The summed E-state index contributed by atoms with van der Waals surface area (Å²) in [5.41, 5.74) is -0.387. The molecule has 0 amide bonds. The summed E-state index contributed by atoms with van der Waals surface area (Å²) in [6.07, 6.45) is 0.602. The van der Waals surface area contributed by atoms with E-state index in [1.165, 1.54) is 25.1 Å². The molecule has 0 saturated heterocycles. The summed E-state index contributed by atoms with van der Waals surface area (Å²) in [5, 5.41) is 0.240. The van der Waals surface area contributed by atoms with Gasteiger partial charge in [0.2, 0.25) is 0 Å². The summed E-state index contributed by atoms with van der Waals surface area (Å²) < 4.78 is 15.0. The van der Waals surface area contributed by atoms with Crippen molar-refractivity contribution in [3.05, 3.63) is 39.2 Å². The Morgan fingerprint density at radius 3 is 2.75 bits per heavy atom. The van der Waals surface area contributed by atoms with Crippen molar-refractivity contribution in [1.29, 1.82) is 0 Å². The number of aldehydes is 1. The van der Waals surface area contributed by atoms with Crippen molar-refractivity contribution in [2.75, 3.05) is 0 Å². The lowest BCUT2D eigenvalue weighted by Gasteiger charge is -2.09. The first-order valence-electron chi connectivity index (χ1n) is 6.95. The van der Waals surface area contributed by atoms with E-state index in [4.69, 9.17) is 25.5 Å². The molecular formula is C16H13ClO7. The van der Waals surface area contributed by atoms with Crippen LogP contribution in [0.1, 0.15) is 25.3 Å². The largest absolute Gasteiger partial charge is 0.461 e. The predicted molar refractivity (Wildman–Crippen MR) is 83.9 cm³/mol. The minimum absolute atomic E-state index is 0.0516. The lowest BCUT2D eigenvalue weighted by atomic mass is 10.1. The zero-order chi connectivity index (χ0) is 17.7. The smallest absolute Gasteiger partial charge is 0.355 e. The molecule has 2 aromatic rings. The van der Waals surface area contributed by atoms with E-state index in [0.717, 1.165) is 0 Å². The predicted octanol–water partition coefficient (Wildman–Crippen LogP) is 2.39. The summed E-state index contributed by atoms with van der Waals surface area (Å²) >= 11 is 5.95. The van der Waals surface area contributed by atoms with E-state index in [1.54, 1.807) is 0 Å². The van der Waals surface area contributed by atoms with Crippen LogP contribution in [0.5, 0.6) is 5.75 Å². The third-order valence-electron chi connectivity index (χ3n) is 3.03. The molecule has 8 heteroatoms. The average Bonchev–Trinajstić information content (AvgIpc) is 2.52. The van der Waals surface area contributed by atoms with Crippen molar-refractivity contribution in [3.63, 3.8) is 0 Å². The first-order valence-corrected chi connectivity index (χ1v) is 7.33. The molecule has 1 heterocycles. The number of benzene rings is 1. The molecule has 0 atom stereocenters. The zero-order valence-corrected chi connectivity index (χ0v) is 13.4. The van der Waals surface area contributed by atoms with Crippen molar-refractivity contribution < 1.29 is 28.3 Å². The van der Waals surface area contributed by atoms with Crippen molar-refractivity contribution in [1.82, 2.24) is 0 Å². The highest BCUT2D eigenvalue weighted by Gasteiger charge is 2.16. The van der Waals surface area contributed by atoms with E-state index in [-0.39, 0.29) is 41.4 Å². The Bertz CT molecular complexity index is 853. The third-order valence-corrected chi connectivity index (χ3v) is 3.41. The van der Waals surface area contributed by atoms with Gasteiger partial charge in [-0.25, -0.2) is 4.79 Å². The number of ether oxygens (including phenoxy) is 2. The van der Waals surface area contributed by atoms with Gasteiger partial charge in [0.05, 0.1) is 6.42 Å². The monoisotopic (exact) mass is 352 g/mol. The fourth-order valence-electron chi connectivity index (χ4n) is 1.99. The van der Waals surface area contributed by atoms with Gasteiger partial charge in [0.15, 0.2) is 0 Å². The van der Waals surface area contributed by atoms with Gasteiger partial charge in [-0.1, -0.05) is 11.6 Å². The molecule has 0 aliphatic heterocycles. The van der Waals surface area contributed by atoms with Gasteiger partial charge in [0.1, 0.15) is 29.2 Å². The number of fused-ring (bicyclic) bond motifs is 1. The summed E-state index contributed by atoms with van der Waals surface area (Å²) in [5.74, 6) is -0.902. The average molecular weight is 353 g/mol. The fraction of sp³-hybridized carbons (Fsp3) is 0.250. The molecule has 2 rings (SSSR count). The van der Waals surface area contributed by atoms with E-state index < -0.39 is 17.6 Å². The van der Waals surface area contributed by atoms with E-state index in [1.807, 2.05) is 0 Å². The topological polar surface area (TPSA) is 99.9 Å². The second-order valence-corrected chi connectivity index (χ2v) is 5.18. The van der Waals surface area contributed by atoms with Gasteiger partial charge in [-0.2, -0.15) is 0 Å². The van der Waals surface area contributed by atoms with E-state index in [2.05, 4.69) is 0 Å². The Balaban J connectivity index is 2.35. The van der Waals surface area contributed by atoms with Crippen LogP contribution in [-0.4, -0.2) is 18.2 Å². The quantitative estimate of drug-likeness (QED) is 0.340. The summed E-state index contributed by atoms with van der Waals surface area (Å²) in [4.78, 5) is 44.5. The Morgan fingerprint density at radius 1 is 1.33 bits per heavy atom. The standard InChI is InChI=1S/C16H13ClO7/c1-9(19)23-10-4-5-11-12(8-22-14(20)3-2-6-18)15(17)16(21)24-13(11)7-10/h4-7H,2-3,8H2,1H3. The lowest BCUT2D eigenvalue weighted by molar-refractivity contribution is -0.145. The number of carbonyl (C=O) groups excluding carboxylic acids is 3. The second-order valence-electron chi connectivity index (χ2n) is 4.80. The second kappa shape index (κ2) is 7.74. The van der Waals surface area contributed by atoms with Gasteiger partial charge in [0, 0.05) is 30.4 Å². The van der Waals surface area contributed by atoms with Crippen LogP contribution in [0.25, 0.3) is 11.0 Å². The molecule has 0 aliphatic rings. The summed E-state index contributed by atoms with van der Waals surface area (Å²) in [7, 11) is 0. The Morgan fingerprint density at radius 2 is 2.08 bits per heavy atom. The third kappa shape index (κ3) is 4.20. The number of hydrogen-bond donors (Lipinski definition) is 0. The van der Waals surface area contributed by atoms with Crippen LogP contribution in [0.15, 0.2) is 27.4 Å². The lowest BCUT2D eigenvalue weighted by Crippen LogP contribution is -2.09. The molecule has 0 unspecified atom stereocenters. The molecule has 0 aliphatic carbocycles. The number of rotatable bonds is 6. The molecule has 0 bridgehead atoms. The van der Waals surface area contributed by atoms with Gasteiger partial charge in [0.25, 0.3) is 0 Å². The summed E-state index contributed by atoms with van der Waals surface area (Å²) in [6, 6.07) is 4.40. The number of carbonyl (C=O) groups is 3. The molecule has 0 spiro atoms. The Hall–Kier alpha value is -2.67. The van der Waals surface area contributed by atoms with Crippen LogP contribution >= 0.6 is 11.6 Å². The SMILES string of the molecule is CC(=O)Oc1ccc2c(COC(=O)CCC=O)c(Cl)c(=O)oc2c1. The minimum atomic E-state index is -0.803. The molecule has 0 radical (unpaired) electrons. The highest BCUT2D eigenvalue weighted by molar-refractivity contribution is 6.31. The van der Waals surface area contributed by atoms with Crippen molar-refractivity contribution in [3.8, 4) is 5.75 Å². The van der Waals surface area contributed by atoms with E-state index in [9.17, 15) is 19.2 Å². The summed E-state index contributed by atoms with van der Waals surface area (Å²) in [6.45, 7) is 0.998. The van der Waals surface area contributed by atoms with Gasteiger partial charge in [-0.05, 0) is 12.1 Å². The molecule has 0 N–H and O–H groups in total. The maximum atomic E-state index is 11.8. The van der Waals surface area contributed by atoms with Gasteiger partial charge in [-0.15, -0.1) is 0 Å². The zero-order valence-electron chi connectivity index (χ0n) is 12.7. The van der Waals surface area contributed by atoms with Crippen LogP contribution in [0, 0.1) is 0 Å². The van der Waals surface area contributed by atoms with Crippen molar-refractivity contribution in [2.45, 2.75) is 26.4 Å². The molecule has 126 valence electrons. The van der Waals surface area contributed by atoms with Crippen molar-refractivity contribution >= 4 is 40.8 Å². The van der Waals surface area contributed by atoms with Gasteiger partial charge >= 0.3 is 17.6 Å². The first-order chi connectivity index (χ1) is 11.4. The number of hydrogen-bond acceptors (Lipinski definition) is 7. The maximum absolute atomic E-state index is 11.8. The normalized spacial score (nSPS) is 10.4. The van der Waals surface area contributed by atoms with Crippen LogP contribution in [0.2, 0.25) is 5.02 Å².